The van der Waals surface area contributed by atoms with E-state index >= 15 is 0 Å². The highest BCUT2D eigenvalue weighted by atomic mass is 35.5. The minimum absolute atomic E-state index is 0.0417. The summed E-state index contributed by atoms with van der Waals surface area (Å²) in [7, 11) is -3.50. The Hall–Kier alpha value is -2.15. The molecule has 27 heavy (non-hydrogen) atoms. The first-order chi connectivity index (χ1) is 13.0. The lowest BCUT2D eigenvalue weighted by Crippen LogP contribution is -2.50. The maximum absolute atomic E-state index is 12.5. The molecule has 2 aromatic rings. The van der Waals surface area contributed by atoms with Gasteiger partial charge in [-0.05, 0) is 23.3 Å². The zero-order valence-electron chi connectivity index (χ0n) is 14.8. The fraction of sp³-hybridized carbons (Fsp3) is 0.250. The maximum atomic E-state index is 12.5. The van der Waals surface area contributed by atoms with Crippen LogP contribution in [-0.4, -0.2) is 49.7 Å². The molecule has 0 radical (unpaired) electrons. The molecule has 142 valence electrons. The Bertz CT molecular complexity index is 921. The van der Waals surface area contributed by atoms with E-state index in [1.807, 2.05) is 48.5 Å². The molecule has 0 saturated carbocycles. The van der Waals surface area contributed by atoms with Crippen LogP contribution in [0.25, 0.3) is 6.08 Å². The molecule has 0 bridgehead atoms. The number of benzene rings is 2. The zero-order valence-corrected chi connectivity index (χ0v) is 16.4. The predicted molar refractivity (Wildman–Crippen MR) is 108 cm³/mol. The minimum atomic E-state index is -3.50. The summed E-state index contributed by atoms with van der Waals surface area (Å²) >= 11 is 6.11. The van der Waals surface area contributed by atoms with Crippen molar-refractivity contribution in [3.05, 3.63) is 76.2 Å². The highest BCUT2D eigenvalue weighted by molar-refractivity contribution is 7.92. The van der Waals surface area contributed by atoms with Crippen molar-refractivity contribution >= 4 is 33.6 Å². The van der Waals surface area contributed by atoms with Crippen molar-refractivity contribution in [2.45, 2.75) is 6.42 Å². The standard InChI is InChI=1S/C20H21ClN2O3S/c21-19-9-5-4-8-18(19)16-20(24)22-11-13-23(14-12-22)27(25,26)15-10-17-6-2-1-3-7-17/h1-10,15H,11-14,16H2/b15-10+. The van der Waals surface area contributed by atoms with Gasteiger partial charge in [0.05, 0.1) is 6.42 Å². The molecule has 1 amide bonds. The van der Waals surface area contributed by atoms with Gasteiger partial charge < -0.3 is 4.90 Å². The van der Waals surface area contributed by atoms with Crippen LogP contribution in [0.15, 0.2) is 60.0 Å². The van der Waals surface area contributed by atoms with Gasteiger partial charge in [-0.25, -0.2) is 8.42 Å². The van der Waals surface area contributed by atoms with E-state index in [1.54, 1.807) is 17.0 Å². The molecule has 1 fully saturated rings. The van der Waals surface area contributed by atoms with Gasteiger partial charge in [-0.1, -0.05) is 60.1 Å². The molecular weight excluding hydrogens is 384 g/mol. The second-order valence-electron chi connectivity index (χ2n) is 6.31. The first-order valence-electron chi connectivity index (χ1n) is 8.70. The van der Waals surface area contributed by atoms with Gasteiger partial charge >= 0.3 is 0 Å². The quantitative estimate of drug-likeness (QED) is 0.769. The van der Waals surface area contributed by atoms with Gasteiger partial charge in [0, 0.05) is 36.6 Å². The summed E-state index contributed by atoms with van der Waals surface area (Å²) in [4.78, 5) is 14.2. The summed E-state index contributed by atoms with van der Waals surface area (Å²) in [6.45, 7) is 1.33. The summed E-state index contributed by atoms with van der Waals surface area (Å²) in [6, 6.07) is 16.5. The van der Waals surface area contributed by atoms with Crippen LogP contribution in [0.3, 0.4) is 0 Å². The molecule has 0 unspecified atom stereocenters. The van der Waals surface area contributed by atoms with Crippen LogP contribution in [0.1, 0.15) is 11.1 Å². The van der Waals surface area contributed by atoms with Crippen LogP contribution in [0, 0.1) is 0 Å². The number of halogens is 1. The van der Waals surface area contributed by atoms with Crippen LogP contribution in [0.5, 0.6) is 0 Å². The highest BCUT2D eigenvalue weighted by Gasteiger charge is 2.27. The molecule has 0 spiro atoms. The number of hydrogen-bond donors (Lipinski definition) is 0. The molecule has 1 aliphatic rings. The Morgan fingerprint density at radius 2 is 1.59 bits per heavy atom. The zero-order chi connectivity index (χ0) is 19.3. The summed E-state index contributed by atoms with van der Waals surface area (Å²) in [5.74, 6) is -0.0417. The van der Waals surface area contributed by atoms with Crippen LogP contribution in [0.4, 0.5) is 0 Å². The van der Waals surface area contributed by atoms with Crippen molar-refractivity contribution in [1.29, 1.82) is 0 Å². The Morgan fingerprint density at radius 3 is 2.26 bits per heavy atom. The lowest BCUT2D eigenvalue weighted by Gasteiger charge is -2.33. The molecule has 0 N–H and O–H groups in total. The van der Waals surface area contributed by atoms with Gasteiger partial charge in [0.1, 0.15) is 0 Å². The molecule has 0 atom stereocenters. The number of amides is 1. The van der Waals surface area contributed by atoms with E-state index in [0.717, 1.165) is 11.1 Å². The number of carbonyl (C=O) groups is 1. The molecule has 1 aliphatic heterocycles. The smallest absolute Gasteiger partial charge is 0.236 e. The second-order valence-corrected chi connectivity index (χ2v) is 8.53. The normalized spacial score (nSPS) is 16.0. The lowest BCUT2D eigenvalue weighted by molar-refractivity contribution is -0.131. The number of hydrogen-bond acceptors (Lipinski definition) is 3. The number of sulfonamides is 1. The molecule has 0 aliphatic carbocycles. The fourth-order valence-corrected chi connectivity index (χ4v) is 4.30. The summed E-state index contributed by atoms with van der Waals surface area (Å²) in [5.41, 5.74) is 1.61. The van der Waals surface area contributed by atoms with E-state index < -0.39 is 10.0 Å². The molecule has 1 saturated heterocycles. The van der Waals surface area contributed by atoms with Gasteiger partial charge in [-0.3, -0.25) is 4.79 Å². The van der Waals surface area contributed by atoms with Gasteiger partial charge in [-0.2, -0.15) is 4.31 Å². The molecule has 7 heteroatoms. The van der Waals surface area contributed by atoms with Crippen LogP contribution < -0.4 is 0 Å². The molecule has 0 aromatic heterocycles. The average molecular weight is 405 g/mol. The van der Waals surface area contributed by atoms with E-state index in [9.17, 15) is 13.2 Å². The number of nitrogens with zero attached hydrogens (tertiary/aromatic N) is 2. The Balaban J connectivity index is 1.57. The maximum Gasteiger partial charge on any atom is 0.236 e. The van der Waals surface area contributed by atoms with Gasteiger partial charge in [0.25, 0.3) is 0 Å². The van der Waals surface area contributed by atoms with Crippen molar-refractivity contribution in [3.63, 3.8) is 0 Å². The largest absolute Gasteiger partial charge is 0.340 e. The van der Waals surface area contributed by atoms with Gasteiger partial charge in [0.15, 0.2) is 0 Å². The first kappa shape index (κ1) is 19.6. The third-order valence-corrected chi connectivity index (χ3v) is 6.42. The summed E-state index contributed by atoms with van der Waals surface area (Å²) in [6.07, 6.45) is 1.81. The topological polar surface area (TPSA) is 57.7 Å². The fourth-order valence-electron chi connectivity index (χ4n) is 2.92. The van der Waals surface area contributed by atoms with E-state index in [1.165, 1.54) is 9.71 Å². The van der Waals surface area contributed by atoms with Crippen LogP contribution in [-0.2, 0) is 21.2 Å². The molecule has 5 nitrogen and oxygen atoms in total. The second kappa shape index (κ2) is 8.69. The van der Waals surface area contributed by atoms with Crippen molar-refractivity contribution in [2.24, 2.45) is 0 Å². The van der Waals surface area contributed by atoms with Crippen molar-refractivity contribution < 1.29 is 13.2 Å². The molecule has 3 rings (SSSR count). The highest BCUT2D eigenvalue weighted by Crippen LogP contribution is 2.17. The van der Waals surface area contributed by atoms with E-state index in [-0.39, 0.29) is 25.4 Å². The van der Waals surface area contributed by atoms with Gasteiger partial charge in [0.2, 0.25) is 15.9 Å². The first-order valence-corrected chi connectivity index (χ1v) is 10.6. The third kappa shape index (κ3) is 5.19. The Kier molecular flexibility index (Phi) is 6.31. The van der Waals surface area contributed by atoms with E-state index in [0.29, 0.717) is 18.1 Å². The monoisotopic (exact) mass is 404 g/mol. The van der Waals surface area contributed by atoms with Crippen molar-refractivity contribution in [1.82, 2.24) is 9.21 Å². The number of carbonyl (C=O) groups excluding carboxylic acids is 1. The number of rotatable bonds is 5. The van der Waals surface area contributed by atoms with Crippen molar-refractivity contribution in [3.8, 4) is 0 Å². The van der Waals surface area contributed by atoms with Gasteiger partial charge in [-0.15, -0.1) is 0 Å². The number of piperazine rings is 1. The Labute approximate surface area is 164 Å². The lowest BCUT2D eigenvalue weighted by atomic mass is 10.1. The van der Waals surface area contributed by atoms with E-state index in [4.69, 9.17) is 11.6 Å². The Morgan fingerprint density at radius 1 is 0.963 bits per heavy atom. The average Bonchev–Trinajstić information content (AvgIpc) is 2.69. The molecule has 1 heterocycles. The predicted octanol–water partition coefficient (Wildman–Crippen LogP) is 3.03. The van der Waals surface area contributed by atoms with Crippen molar-refractivity contribution in [2.75, 3.05) is 26.2 Å². The SMILES string of the molecule is O=C(Cc1ccccc1Cl)N1CCN(S(=O)(=O)/C=C/c2ccccc2)CC1. The minimum Gasteiger partial charge on any atom is -0.340 e. The molecule has 2 aromatic carbocycles. The molecular formula is C20H21ClN2O3S. The third-order valence-electron chi connectivity index (χ3n) is 4.48. The van der Waals surface area contributed by atoms with Crippen LogP contribution in [0.2, 0.25) is 5.02 Å². The summed E-state index contributed by atoms with van der Waals surface area (Å²) in [5, 5.41) is 1.79. The summed E-state index contributed by atoms with van der Waals surface area (Å²) < 4.78 is 26.4. The van der Waals surface area contributed by atoms with Crippen LogP contribution >= 0.6 is 11.6 Å². The van der Waals surface area contributed by atoms with E-state index in [2.05, 4.69) is 0 Å².